The van der Waals surface area contributed by atoms with Gasteiger partial charge in [0.15, 0.2) is 0 Å². The van der Waals surface area contributed by atoms with Crippen LogP contribution in [0.3, 0.4) is 0 Å². The molecule has 0 aliphatic heterocycles. The van der Waals surface area contributed by atoms with Crippen LogP contribution in [0.2, 0.25) is 0 Å². The number of hydrogen-bond donors (Lipinski definition) is 4. The maximum Gasteiger partial charge on any atom is 0.320 e. The minimum atomic E-state index is -1.32. The van der Waals surface area contributed by atoms with Gasteiger partial charge in [0, 0.05) is 12.9 Å². The number of aliphatic hydroxyl groups is 3. The van der Waals surface area contributed by atoms with Crippen LogP contribution in [-0.4, -0.2) is 40.1 Å². The number of carbonyl (C=O) groups excluding carboxylic acids is 1. The Morgan fingerprint density at radius 2 is 2.00 bits per heavy atom. The third-order valence-electron chi connectivity index (χ3n) is 1.11. The highest BCUT2D eigenvalue weighted by atomic mass is 32.1. The summed E-state index contributed by atoms with van der Waals surface area (Å²) >= 11 is 3.18. The second-order valence-corrected chi connectivity index (χ2v) is 2.17. The summed E-state index contributed by atoms with van der Waals surface area (Å²) in [6, 6.07) is 0. The van der Waals surface area contributed by atoms with Crippen molar-refractivity contribution >= 4 is 18.9 Å². The SMILES string of the molecule is O=C(CC(O)C(O)CO)OS. The van der Waals surface area contributed by atoms with Gasteiger partial charge >= 0.3 is 5.97 Å². The van der Waals surface area contributed by atoms with E-state index in [1.54, 1.807) is 0 Å². The molecule has 0 amide bonds. The average molecular weight is 182 g/mol. The smallest absolute Gasteiger partial charge is 0.320 e. The molecule has 0 aliphatic carbocycles. The molecule has 0 rings (SSSR count). The zero-order valence-electron chi connectivity index (χ0n) is 5.67. The van der Waals surface area contributed by atoms with Crippen LogP contribution in [0.1, 0.15) is 6.42 Å². The molecule has 0 aromatic heterocycles. The minimum Gasteiger partial charge on any atom is -0.395 e. The molecule has 0 saturated heterocycles. The van der Waals surface area contributed by atoms with E-state index in [0.29, 0.717) is 0 Å². The van der Waals surface area contributed by atoms with Crippen molar-refractivity contribution in [3.05, 3.63) is 0 Å². The van der Waals surface area contributed by atoms with Gasteiger partial charge in [-0.3, -0.25) is 4.79 Å². The molecule has 2 atom stereocenters. The van der Waals surface area contributed by atoms with Crippen molar-refractivity contribution in [2.75, 3.05) is 6.61 Å². The first-order chi connectivity index (χ1) is 5.11. The topological polar surface area (TPSA) is 87.0 Å². The molecule has 0 aromatic carbocycles. The van der Waals surface area contributed by atoms with Gasteiger partial charge in [0.1, 0.15) is 6.10 Å². The molecule has 6 heteroatoms. The summed E-state index contributed by atoms with van der Waals surface area (Å²) in [4.78, 5) is 10.4. The first-order valence-corrected chi connectivity index (χ1v) is 3.29. The molecular weight excluding hydrogens is 172 g/mol. The second kappa shape index (κ2) is 5.36. The third kappa shape index (κ3) is 4.20. The van der Waals surface area contributed by atoms with E-state index in [9.17, 15) is 4.79 Å². The van der Waals surface area contributed by atoms with Gasteiger partial charge in [0.25, 0.3) is 0 Å². The van der Waals surface area contributed by atoms with E-state index in [-0.39, 0.29) is 6.42 Å². The van der Waals surface area contributed by atoms with Gasteiger partial charge in [-0.25, -0.2) is 0 Å². The summed E-state index contributed by atoms with van der Waals surface area (Å²) in [6.07, 6.45) is -3.01. The second-order valence-electron chi connectivity index (χ2n) is 1.98. The van der Waals surface area contributed by atoms with Crippen molar-refractivity contribution in [2.24, 2.45) is 0 Å². The molecule has 0 aromatic rings. The van der Waals surface area contributed by atoms with Gasteiger partial charge in [-0.2, -0.15) is 0 Å². The number of rotatable bonds is 4. The minimum absolute atomic E-state index is 0.384. The Balaban J connectivity index is 3.67. The molecule has 66 valence electrons. The lowest BCUT2D eigenvalue weighted by molar-refractivity contribution is -0.137. The van der Waals surface area contributed by atoms with Gasteiger partial charge in [-0.05, 0) is 0 Å². The van der Waals surface area contributed by atoms with Crippen molar-refractivity contribution in [2.45, 2.75) is 18.6 Å². The lowest BCUT2D eigenvalue weighted by Crippen LogP contribution is -2.31. The van der Waals surface area contributed by atoms with Crippen LogP contribution in [0.4, 0.5) is 0 Å². The lowest BCUT2D eigenvalue weighted by Gasteiger charge is -2.12. The lowest BCUT2D eigenvalue weighted by atomic mass is 10.1. The normalized spacial score (nSPS) is 15.6. The summed E-state index contributed by atoms with van der Waals surface area (Å²) in [5.41, 5.74) is 0. The Labute approximate surface area is 69.2 Å². The zero-order chi connectivity index (χ0) is 8.85. The first-order valence-electron chi connectivity index (χ1n) is 2.93. The molecule has 0 spiro atoms. The van der Waals surface area contributed by atoms with E-state index < -0.39 is 24.8 Å². The molecule has 0 bridgehead atoms. The molecule has 0 saturated carbocycles. The highest BCUT2D eigenvalue weighted by Gasteiger charge is 2.19. The largest absolute Gasteiger partial charge is 0.395 e. The monoisotopic (exact) mass is 182 g/mol. The first kappa shape index (κ1) is 10.7. The Hall–Kier alpha value is -0.300. The van der Waals surface area contributed by atoms with Gasteiger partial charge in [0.05, 0.1) is 19.1 Å². The Morgan fingerprint density at radius 3 is 2.36 bits per heavy atom. The average Bonchev–Trinajstić information content (AvgIpc) is 2.02. The number of hydrogen-bond acceptors (Lipinski definition) is 6. The highest BCUT2D eigenvalue weighted by molar-refractivity contribution is 7.75. The maximum atomic E-state index is 10.4. The standard InChI is InChI=1S/C5H10O5S/c6-2-4(8)3(7)1-5(9)10-11/h3-4,6-8,11H,1-2H2. The summed E-state index contributed by atoms with van der Waals surface area (Å²) in [6.45, 7) is -0.596. The van der Waals surface area contributed by atoms with Gasteiger partial charge in [0.2, 0.25) is 0 Å². The van der Waals surface area contributed by atoms with Gasteiger partial charge in [-0.15, -0.1) is 0 Å². The highest BCUT2D eigenvalue weighted by Crippen LogP contribution is 2.00. The van der Waals surface area contributed by atoms with Crippen molar-refractivity contribution in [1.29, 1.82) is 0 Å². The van der Waals surface area contributed by atoms with E-state index in [4.69, 9.17) is 15.3 Å². The van der Waals surface area contributed by atoms with Crippen LogP contribution in [0, 0.1) is 0 Å². The predicted molar refractivity (Wildman–Crippen MR) is 38.8 cm³/mol. The Morgan fingerprint density at radius 1 is 1.45 bits per heavy atom. The maximum absolute atomic E-state index is 10.4. The van der Waals surface area contributed by atoms with Crippen LogP contribution in [0.25, 0.3) is 0 Å². The van der Waals surface area contributed by atoms with Crippen LogP contribution in [0.5, 0.6) is 0 Å². The van der Waals surface area contributed by atoms with Crippen LogP contribution < -0.4 is 0 Å². The molecule has 11 heavy (non-hydrogen) atoms. The molecule has 3 N–H and O–H groups in total. The van der Waals surface area contributed by atoms with Crippen LogP contribution in [-0.2, 0) is 8.98 Å². The fourth-order valence-corrected chi connectivity index (χ4v) is 0.540. The molecule has 2 unspecified atom stereocenters. The van der Waals surface area contributed by atoms with Crippen molar-refractivity contribution in [3.8, 4) is 0 Å². The van der Waals surface area contributed by atoms with Crippen molar-refractivity contribution in [3.63, 3.8) is 0 Å². The van der Waals surface area contributed by atoms with E-state index >= 15 is 0 Å². The number of thiol groups is 1. The van der Waals surface area contributed by atoms with E-state index in [1.807, 2.05) is 0 Å². The molecule has 0 fully saturated rings. The van der Waals surface area contributed by atoms with Crippen LogP contribution in [0.15, 0.2) is 0 Å². The summed E-state index contributed by atoms with van der Waals surface area (Å²) < 4.78 is 3.92. The fourth-order valence-electron chi connectivity index (χ4n) is 0.466. The fraction of sp³-hybridized carbons (Fsp3) is 0.800. The van der Waals surface area contributed by atoms with Crippen LogP contribution >= 0.6 is 12.9 Å². The predicted octanol–water partition coefficient (Wildman–Crippen LogP) is -1.52. The van der Waals surface area contributed by atoms with Gasteiger partial charge in [-0.1, -0.05) is 0 Å². The zero-order valence-corrected chi connectivity index (χ0v) is 6.57. The quantitative estimate of drug-likeness (QED) is 0.313. The number of aliphatic hydroxyl groups excluding tert-OH is 3. The summed E-state index contributed by atoms with van der Waals surface area (Å²) in [5, 5.41) is 25.9. The third-order valence-corrected chi connectivity index (χ3v) is 1.31. The van der Waals surface area contributed by atoms with Gasteiger partial charge < -0.3 is 19.5 Å². The molecule has 5 nitrogen and oxygen atoms in total. The Kier molecular flexibility index (Phi) is 5.22. The van der Waals surface area contributed by atoms with E-state index in [0.717, 1.165) is 0 Å². The Bertz CT molecular complexity index is 128. The number of carbonyl (C=O) groups is 1. The van der Waals surface area contributed by atoms with Crippen molar-refractivity contribution < 1.29 is 24.3 Å². The molecule has 0 radical (unpaired) electrons. The van der Waals surface area contributed by atoms with Crippen molar-refractivity contribution in [1.82, 2.24) is 0 Å². The molecule has 0 heterocycles. The summed E-state index contributed by atoms with van der Waals surface area (Å²) in [5.74, 6) is -0.756. The van der Waals surface area contributed by atoms with E-state index in [2.05, 4.69) is 17.1 Å². The molecule has 0 aliphatic rings. The van der Waals surface area contributed by atoms with E-state index in [1.165, 1.54) is 0 Å². The summed E-state index contributed by atoms with van der Waals surface area (Å²) in [7, 11) is 0. The molecular formula is C5H10O5S.